The minimum atomic E-state index is 0.179. The molecule has 2 rings (SSSR count). The average molecular weight is 254 g/mol. The van der Waals surface area contributed by atoms with E-state index in [1.807, 2.05) is 0 Å². The van der Waals surface area contributed by atoms with Crippen LogP contribution in [-0.2, 0) is 4.74 Å². The molecular weight excluding hydrogens is 246 g/mol. The highest BCUT2D eigenvalue weighted by Gasteiger charge is 2.24. The van der Waals surface area contributed by atoms with Crippen LogP contribution in [0.15, 0.2) is 12.1 Å². The SMILES string of the molecule is Clc1cc(Cl)c(OC[C@@H]2CO2)c(Cl)c1. The Balaban J connectivity index is 2.13. The molecular formula is C9H7Cl3O2. The van der Waals surface area contributed by atoms with Gasteiger partial charge in [0.1, 0.15) is 12.7 Å². The summed E-state index contributed by atoms with van der Waals surface area (Å²) in [6.07, 6.45) is 0.179. The van der Waals surface area contributed by atoms with Crippen molar-refractivity contribution in [2.45, 2.75) is 6.10 Å². The molecule has 5 heteroatoms. The first-order valence-corrected chi connectivity index (χ1v) is 5.19. The largest absolute Gasteiger partial charge is 0.488 e. The van der Waals surface area contributed by atoms with Crippen molar-refractivity contribution in [3.63, 3.8) is 0 Å². The van der Waals surface area contributed by atoms with Crippen LogP contribution in [0.5, 0.6) is 5.75 Å². The van der Waals surface area contributed by atoms with Crippen LogP contribution in [0.4, 0.5) is 0 Å². The molecule has 0 N–H and O–H groups in total. The highest BCUT2D eigenvalue weighted by atomic mass is 35.5. The molecule has 0 unspecified atom stereocenters. The van der Waals surface area contributed by atoms with Crippen LogP contribution in [0.1, 0.15) is 0 Å². The molecule has 0 aliphatic carbocycles. The summed E-state index contributed by atoms with van der Waals surface area (Å²) in [5, 5.41) is 1.33. The fourth-order valence-electron chi connectivity index (χ4n) is 1.01. The minimum Gasteiger partial charge on any atom is -0.488 e. The van der Waals surface area contributed by atoms with Crippen molar-refractivity contribution in [1.29, 1.82) is 0 Å². The summed E-state index contributed by atoms with van der Waals surface area (Å²) < 4.78 is 10.4. The van der Waals surface area contributed by atoms with Crippen LogP contribution < -0.4 is 4.74 Å². The van der Waals surface area contributed by atoms with Crippen LogP contribution in [0, 0.1) is 0 Å². The van der Waals surface area contributed by atoms with Crippen LogP contribution in [-0.4, -0.2) is 19.3 Å². The van der Waals surface area contributed by atoms with Gasteiger partial charge in [0.2, 0.25) is 0 Å². The quantitative estimate of drug-likeness (QED) is 0.770. The lowest BCUT2D eigenvalue weighted by Crippen LogP contribution is -2.04. The summed E-state index contributed by atoms with van der Waals surface area (Å²) in [6.45, 7) is 1.21. The predicted octanol–water partition coefficient (Wildman–Crippen LogP) is 3.42. The van der Waals surface area contributed by atoms with Crippen LogP contribution in [0.25, 0.3) is 0 Å². The second kappa shape index (κ2) is 4.15. The Hall–Kier alpha value is -0.150. The second-order valence-corrected chi connectivity index (χ2v) is 4.22. The van der Waals surface area contributed by atoms with Gasteiger partial charge >= 0.3 is 0 Å². The number of rotatable bonds is 3. The van der Waals surface area contributed by atoms with Crippen molar-refractivity contribution in [3.05, 3.63) is 27.2 Å². The van der Waals surface area contributed by atoms with Crippen LogP contribution in [0.3, 0.4) is 0 Å². The van der Waals surface area contributed by atoms with Gasteiger partial charge in [0.25, 0.3) is 0 Å². The average Bonchev–Trinajstić information content (AvgIpc) is 2.85. The van der Waals surface area contributed by atoms with Crippen molar-refractivity contribution in [3.8, 4) is 5.75 Å². The fraction of sp³-hybridized carbons (Fsp3) is 0.333. The molecule has 1 saturated heterocycles. The van der Waals surface area contributed by atoms with Gasteiger partial charge in [0.15, 0.2) is 5.75 Å². The number of benzene rings is 1. The molecule has 1 atom stereocenters. The first-order valence-electron chi connectivity index (χ1n) is 4.06. The topological polar surface area (TPSA) is 21.8 Å². The van der Waals surface area contributed by atoms with Crippen molar-refractivity contribution in [2.75, 3.05) is 13.2 Å². The summed E-state index contributed by atoms with van der Waals surface area (Å²) in [5.74, 6) is 0.466. The molecule has 14 heavy (non-hydrogen) atoms. The number of ether oxygens (including phenoxy) is 2. The maximum atomic E-state index is 5.90. The van der Waals surface area contributed by atoms with Gasteiger partial charge in [0, 0.05) is 5.02 Å². The van der Waals surface area contributed by atoms with Gasteiger partial charge in [-0.2, -0.15) is 0 Å². The predicted molar refractivity (Wildman–Crippen MR) is 56.7 cm³/mol. The zero-order chi connectivity index (χ0) is 10.1. The summed E-state index contributed by atoms with van der Waals surface area (Å²) in [6, 6.07) is 3.19. The van der Waals surface area contributed by atoms with Gasteiger partial charge < -0.3 is 9.47 Å². The zero-order valence-corrected chi connectivity index (χ0v) is 9.36. The lowest BCUT2D eigenvalue weighted by atomic mass is 10.3. The molecule has 1 aliphatic heterocycles. The highest BCUT2D eigenvalue weighted by Crippen LogP contribution is 2.36. The Morgan fingerprint density at radius 2 is 1.86 bits per heavy atom. The summed E-state index contributed by atoms with van der Waals surface area (Å²) in [5.41, 5.74) is 0. The van der Waals surface area contributed by atoms with Gasteiger partial charge in [-0.05, 0) is 12.1 Å². The highest BCUT2D eigenvalue weighted by molar-refractivity contribution is 6.40. The Bertz CT molecular complexity index is 327. The third-order valence-corrected chi connectivity index (χ3v) is 2.56. The molecule has 2 nitrogen and oxygen atoms in total. The maximum Gasteiger partial charge on any atom is 0.156 e. The number of halogens is 3. The van der Waals surface area contributed by atoms with E-state index in [1.54, 1.807) is 12.1 Å². The molecule has 1 aliphatic rings. The van der Waals surface area contributed by atoms with E-state index in [1.165, 1.54) is 0 Å². The normalized spacial score (nSPS) is 19.5. The monoisotopic (exact) mass is 252 g/mol. The van der Waals surface area contributed by atoms with E-state index >= 15 is 0 Å². The molecule has 0 spiro atoms. The van der Waals surface area contributed by atoms with Crippen molar-refractivity contribution < 1.29 is 9.47 Å². The maximum absolute atomic E-state index is 5.90. The van der Waals surface area contributed by atoms with E-state index in [4.69, 9.17) is 44.3 Å². The Labute approximate surface area is 96.7 Å². The third kappa shape index (κ3) is 2.45. The Kier molecular flexibility index (Phi) is 3.07. The smallest absolute Gasteiger partial charge is 0.156 e. The minimum absolute atomic E-state index is 0.179. The Morgan fingerprint density at radius 3 is 2.36 bits per heavy atom. The molecule has 1 aromatic carbocycles. The first-order chi connectivity index (χ1) is 6.66. The molecule has 0 saturated carbocycles. The number of hydrogen-bond acceptors (Lipinski definition) is 2. The molecule has 0 amide bonds. The van der Waals surface area contributed by atoms with Crippen molar-refractivity contribution in [1.82, 2.24) is 0 Å². The van der Waals surface area contributed by atoms with E-state index < -0.39 is 0 Å². The van der Waals surface area contributed by atoms with E-state index in [0.717, 1.165) is 6.61 Å². The molecule has 0 bridgehead atoms. The molecule has 1 fully saturated rings. The van der Waals surface area contributed by atoms with E-state index in [-0.39, 0.29) is 6.10 Å². The lowest BCUT2D eigenvalue weighted by Gasteiger charge is -2.08. The summed E-state index contributed by atoms with van der Waals surface area (Å²) >= 11 is 17.6. The molecule has 0 aromatic heterocycles. The number of epoxide rings is 1. The standard InChI is InChI=1S/C9H7Cl3O2/c10-5-1-7(11)9(8(12)2-5)14-4-6-3-13-6/h1-2,6H,3-4H2/t6-/m0/s1. The van der Waals surface area contributed by atoms with Crippen LogP contribution in [0.2, 0.25) is 15.1 Å². The molecule has 76 valence electrons. The van der Waals surface area contributed by atoms with Gasteiger partial charge in [-0.25, -0.2) is 0 Å². The molecule has 1 aromatic rings. The van der Waals surface area contributed by atoms with Crippen molar-refractivity contribution >= 4 is 34.8 Å². The van der Waals surface area contributed by atoms with E-state index in [9.17, 15) is 0 Å². The second-order valence-electron chi connectivity index (χ2n) is 2.96. The third-order valence-electron chi connectivity index (χ3n) is 1.78. The zero-order valence-electron chi connectivity index (χ0n) is 7.10. The fourth-order valence-corrected chi connectivity index (χ4v) is 1.93. The van der Waals surface area contributed by atoms with E-state index in [0.29, 0.717) is 27.4 Å². The molecule has 1 heterocycles. The van der Waals surface area contributed by atoms with Gasteiger partial charge in [-0.15, -0.1) is 0 Å². The lowest BCUT2D eigenvalue weighted by molar-refractivity contribution is 0.263. The van der Waals surface area contributed by atoms with Crippen LogP contribution >= 0.6 is 34.8 Å². The van der Waals surface area contributed by atoms with Gasteiger partial charge in [0.05, 0.1) is 16.7 Å². The van der Waals surface area contributed by atoms with Gasteiger partial charge in [-0.3, -0.25) is 0 Å². The molecule has 0 radical (unpaired) electrons. The Morgan fingerprint density at radius 1 is 1.29 bits per heavy atom. The number of hydrogen-bond donors (Lipinski definition) is 0. The summed E-state index contributed by atoms with van der Waals surface area (Å²) in [4.78, 5) is 0. The van der Waals surface area contributed by atoms with E-state index in [2.05, 4.69) is 0 Å². The van der Waals surface area contributed by atoms with Crippen molar-refractivity contribution in [2.24, 2.45) is 0 Å². The van der Waals surface area contributed by atoms with Gasteiger partial charge in [-0.1, -0.05) is 34.8 Å². The summed E-state index contributed by atoms with van der Waals surface area (Å²) in [7, 11) is 0. The first kappa shape index (κ1) is 10.4.